The van der Waals surface area contributed by atoms with Crippen LogP contribution in [-0.2, 0) is 5.54 Å². The van der Waals surface area contributed by atoms with Crippen molar-refractivity contribution in [2.24, 2.45) is 5.73 Å². The van der Waals surface area contributed by atoms with Crippen LogP contribution < -0.4 is 5.73 Å². The highest BCUT2D eigenvalue weighted by Crippen LogP contribution is 2.28. The van der Waals surface area contributed by atoms with Crippen LogP contribution >= 0.6 is 31.9 Å². The Labute approximate surface area is 96.0 Å². The van der Waals surface area contributed by atoms with E-state index in [2.05, 4.69) is 50.9 Å². The van der Waals surface area contributed by atoms with Crippen molar-refractivity contribution in [1.29, 1.82) is 0 Å². The van der Waals surface area contributed by atoms with Gasteiger partial charge in [-0.3, -0.25) is 0 Å². The summed E-state index contributed by atoms with van der Waals surface area (Å²) in [6, 6.07) is 6.14. The van der Waals surface area contributed by atoms with Gasteiger partial charge in [0.25, 0.3) is 0 Å². The Kier molecular flexibility index (Phi) is 3.55. The molecule has 0 aliphatic carbocycles. The fourth-order valence-corrected chi connectivity index (χ4v) is 2.38. The van der Waals surface area contributed by atoms with Crippen molar-refractivity contribution in [3.8, 4) is 0 Å². The van der Waals surface area contributed by atoms with Crippen molar-refractivity contribution in [1.82, 2.24) is 0 Å². The second-order valence-corrected chi connectivity index (χ2v) is 5.26. The van der Waals surface area contributed by atoms with Gasteiger partial charge in [-0.15, -0.1) is 0 Å². The van der Waals surface area contributed by atoms with Crippen molar-refractivity contribution in [3.63, 3.8) is 0 Å². The normalized spacial score (nSPS) is 15.5. The Hall–Kier alpha value is 0.140. The van der Waals surface area contributed by atoms with E-state index in [-0.39, 0.29) is 5.54 Å². The first-order chi connectivity index (χ1) is 5.95. The summed E-state index contributed by atoms with van der Waals surface area (Å²) in [6.45, 7) is 4.13. The Balaban J connectivity index is 3.15. The third-order valence-electron chi connectivity index (χ3n) is 2.26. The molecule has 0 heterocycles. The van der Waals surface area contributed by atoms with Crippen LogP contribution in [-0.4, -0.2) is 0 Å². The zero-order valence-corrected chi connectivity index (χ0v) is 10.9. The molecule has 13 heavy (non-hydrogen) atoms. The van der Waals surface area contributed by atoms with E-state index in [4.69, 9.17) is 5.73 Å². The lowest BCUT2D eigenvalue weighted by Crippen LogP contribution is -2.31. The third-order valence-corrected chi connectivity index (χ3v) is 3.17. The van der Waals surface area contributed by atoms with Gasteiger partial charge in [-0.1, -0.05) is 38.8 Å². The van der Waals surface area contributed by atoms with Crippen LogP contribution in [0.2, 0.25) is 0 Å². The van der Waals surface area contributed by atoms with Gasteiger partial charge in [0.1, 0.15) is 0 Å². The quantitative estimate of drug-likeness (QED) is 0.884. The van der Waals surface area contributed by atoms with E-state index in [0.717, 1.165) is 20.9 Å². The number of rotatable bonds is 2. The van der Waals surface area contributed by atoms with Crippen molar-refractivity contribution in [3.05, 3.63) is 32.7 Å². The van der Waals surface area contributed by atoms with Gasteiger partial charge in [-0.25, -0.2) is 0 Å². The Morgan fingerprint density at radius 1 is 1.23 bits per heavy atom. The van der Waals surface area contributed by atoms with E-state index in [0.29, 0.717) is 0 Å². The molecule has 1 atom stereocenters. The first kappa shape index (κ1) is 11.2. The Morgan fingerprint density at radius 2 is 1.69 bits per heavy atom. The number of benzene rings is 1. The fourth-order valence-electron chi connectivity index (χ4n) is 1.09. The molecule has 0 bridgehead atoms. The molecule has 0 spiro atoms. The van der Waals surface area contributed by atoms with E-state index < -0.39 is 0 Å². The van der Waals surface area contributed by atoms with Gasteiger partial charge in [-0.05, 0) is 37.1 Å². The molecule has 0 saturated carbocycles. The molecule has 1 aromatic rings. The van der Waals surface area contributed by atoms with Crippen molar-refractivity contribution in [2.75, 3.05) is 0 Å². The molecule has 0 fully saturated rings. The van der Waals surface area contributed by atoms with Crippen LogP contribution in [0.3, 0.4) is 0 Å². The second kappa shape index (κ2) is 4.11. The molecule has 1 rings (SSSR count). The monoisotopic (exact) mass is 305 g/mol. The number of halogens is 2. The van der Waals surface area contributed by atoms with Crippen molar-refractivity contribution in [2.45, 2.75) is 25.8 Å². The maximum atomic E-state index is 6.13. The minimum atomic E-state index is -0.244. The average Bonchev–Trinajstić information content (AvgIpc) is 2.02. The summed E-state index contributed by atoms with van der Waals surface area (Å²) in [6.07, 6.45) is 0.926. The Morgan fingerprint density at radius 3 is 2.08 bits per heavy atom. The lowest BCUT2D eigenvalue weighted by Gasteiger charge is -2.23. The van der Waals surface area contributed by atoms with E-state index >= 15 is 0 Å². The third kappa shape index (κ3) is 2.79. The van der Waals surface area contributed by atoms with Crippen molar-refractivity contribution < 1.29 is 0 Å². The number of nitrogens with two attached hydrogens (primary N) is 1. The maximum absolute atomic E-state index is 6.13. The molecule has 0 saturated heterocycles. The summed E-state index contributed by atoms with van der Waals surface area (Å²) in [5, 5.41) is 0. The van der Waals surface area contributed by atoms with E-state index in [1.165, 1.54) is 0 Å². The molecule has 2 N–H and O–H groups in total. The van der Waals surface area contributed by atoms with Gasteiger partial charge in [-0.2, -0.15) is 0 Å². The maximum Gasteiger partial charge on any atom is 0.0379 e. The van der Waals surface area contributed by atoms with E-state index in [1.54, 1.807) is 0 Å². The van der Waals surface area contributed by atoms with Crippen LogP contribution in [0.15, 0.2) is 27.1 Å². The van der Waals surface area contributed by atoms with Gasteiger partial charge in [0.2, 0.25) is 0 Å². The fraction of sp³-hybridized carbons (Fsp3) is 0.400. The number of hydrogen-bond donors (Lipinski definition) is 1. The molecular weight excluding hydrogens is 294 g/mol. The zero-order chi connectivity index (χ0) is 10.1. The smallest absolute Gasteiger partial charge is 0.0379 e. The molecule has 1 aromatic carbocycles. The summed E-state index contributed by atoms with van der Waals surface area (Å²) < 4.78 is 2.11. The predicted molar refractivity (Wildman–Crippen MR) is 63.7 cm³/mol. The standard InChI is InChI=1S/C10H13Br2N/c1-3-10(2,13)7-4-8(11)6-9(12)5-7/h4-6H,3,13H2,1-2H3/t10-/m1/s1. The predicted octanol–water partition coefficient (Wildman–Crippen LogP) is 3.80. The van der Waals surface area contributed by atoms with Crippen LogP contribution in [0.4, 0.5) is 0 Å². The van der Waals surface area contributed by atoms with Gasteiger partial charge in [0, 0.05) is 14.5 Å². The van der Waals surface area contributed by atoms with E-state index in [1.807, 2.05) is 13.0 Å². The van der Waals surface area contributed by atoms with Crippen molar-refractivity contribution >= 4 is 31.9 Å². The van der Waals surface area contributed by atoms with Gasteiger partial charge >= 0.3 is 0 Å². The summed E-state index contributed by atoms with van der Waals surface area (Å²) in [7, 11) is 0. The molecule has 1 nitrogen and oxygen atoms in total. The average molecular weight is 307 g/mol. The summed E-state index contributed by atoms with van der Waals surface area (Å²) >= 11 is 6.90. The SMILES string of the molecule is CC[C@@](C)(N)c1cc(Br)cc(Br)c1. The first-order valence-corrected chi connectivity index (χ1v) is 5.80. The van der Waals surface area contributed by atoms with E-state index in [9.17, 15) is 0 Å². The molecule has 0 unspecified atom stereocenters. The molecule has 0 aliphatic rings. The highest BCUT2D eigenvalue weighted by Gasteiger charge is 2.18. The minimum Gasteiger partial charge on any atom is -0.322 e. The largest absolute Gasteiger partial charge is 0.322 e. The molecule has 0 radical (unpaired) electrons. The van der Waals surface area contributed by atoms with Crippen LogP contribution in [0.1, 0.15) is 25.8 Å². The van der Waals surface area contributed by atoms with Crippen LogP contribution in [0.25, 0.3) is 0 Å². The minimum absolute atomic E-state index is 0.244. The molecule has 0 aromatic heterocycles. The highest BCUT2D eigenvalue weighted by atomic mass is 79.9. The lowest BCUT2D eigenvalue weighted by molar-refractivity contribution is 0.476. The lowest BCUT2D eigenvalue weighted by atomic mass is 9.91. The Bertz CT molecular complexity index is 288. The molecule has 72 valence electrons. The van der Waals surface area contributed by atoms with Gasteiger partial charge in [0.15, 0.2) is 0 Å². The van der Waals surface area contributed by atoms with Crippen LogP contribution in [0, 0.1) is 0 Å². The van der Waals surface area contributed by atoms with Crippen LogP contribution in [0.5, 0.6) is 0 Å². The van der Waals surface area contributed by atoms with Gasteiger partial charge < -0.3 is 5.73 Å². The first-order valence-electron chi connectivity index (χ1n) is 4.21. The summed E-state index contributed by atoms with van der Waals surface area (Å²) in [5.74, 6) is 0. The topological polar surface area (TPSA) is 26.0 Å². The molecule has 3 heteroatoms. The van der Waals surface area contributed by atoms with Gasteiger partial charge in [0.05, 0.1) is 0 Å². The number of hydrogen-bond acceptors (Lipinski definition) is 1. The molecule has 0 aliphatic heterocycles. The summed E-state index contributed by atoms with van der Waals surface area (Å²) in [4.78, 5) is 0. The molecular formula is C10H13Br2N. The molecule has 0 amide bonds. The highest BCUT2D eigenvalue weighted by molar-refractivity contribution is 9.11. The second-order valence-electron chi connectivity index (χ2n) is 3.43. The summed E-state index contributed by atoms with van der Waals surface area (Å²) in [5.41, 5.74) is 7.04. The zero-order valence-electron chi connectivity index (χ0n) is 7.77.